The number of allylic oxidation sites excluding steroid dienone is 3. The number of carbonyl (C=O) groups excluding carboxylic acids is 1. The van der Waals surface area contributed by atoms with Crippen molar-refractivity contribution < 1.29 is 28.8 Å². The van der Waals surface area contributed by atoms with Crippen molar-refractivity contribution in [2.24, 2.45) is 0 Å². The second kappa shape index (κ2) is 16.3. The van der Waals surface area contributed by atoms with Crippen LogP contribution in [0.2, 0.25) is 0 Å². The van der Waals surface area contributed by atoms with Crippen LogP contribution in [0.25, 0.3) is 0 Å². The van der Waals surface area contributed by atoms with E-state index in [2.05, 4.69) is 23.8 Å². The predicted molar refractivity (Wildman–Crippen MR) is 113 cm³/mol. The molecule has 0 bridgehead atoms. The quantitative estimate of drug-likeness (QED) is 0.244. The van der Waals surface area contributed by atoms with Gasteiger partial charge in [-0.1, -0.05) is 62.6 Å². The Balaban J connectivity index is 2.26. The van der Waals surface area contributed by atoms with Gasteiger partial charge in [0, 0.05) is 13.5 Å². The molecule has 29 heavy (non-hydrogen) atoms. The third-order valence-corrected chi connectivity index (χ3v) is 4.69. The molecule has 1 rings (SSSR count). The molecule has 1 aliphatic rings. The van der Waals surface area contributed by atoms with Gasteiger partial charge >= 0.3 is 5.97 Å². The normalized spacial score (nSPS) is 23.5. The molecular formula is C23H38O6. The van der Waals surface area contributed by atoms with E-state index in [1.54, 1.807) is 13.2 Å². The smallest absolute Gasteiger partial charge is 0.305 e. The summed E-state index contributed by atoms with van der Waals surface area (Å²) in [4.78, 5) is 11.0. The topological polar surface area (TPSA) is 74.2 Å². The zero-order valence-electron chi connectivity index (χ0n) is 18.1. The van der Waals surface area contributed by atoms with Crippen molar-refractivity contribution in [1.29, 1.82) is 0 Å². The number of hydrogen-bond donors (Lipinski definition) is 1. The molecule has 0 spiro atoms. The Morgan fingerprint density at radius 3 is 2.62 bits per heavy atom. The molecule has 1 saturated heterocycles. The fourth-order valence-corrected chi connectivity index (χ4v) is 2.98. The number of methoxy groups -OCH3 is 2. The highest BCUT2D eigenvalue weighted by molar-refractivity contribution is 5.69. The van der Waals surface area contributed by atoms with Crippen LogP contribution in [0.15, 0.2) is 36.5 Å². The fraction of sp³-hybridized carbons (Fsp3) is 0.696. The van der Waals surface area contributed by atoms with Crippen LogP contribution in [0.3, 0.4) is 0 Å². The van der Waals surface area contributed by atoms with Gasteiger partial charge in [-0.25, -0.2) is 0 Å². The Morgan fingerprint density at radius 2 is 1.90 bits per heavy atom. The fourth-order valence-electron chi connectivity index (χ4n) is 2.98. The SMILES string of the molecule is CCCCC[C@@H]1O[C@@H](OC)O[C@@H]1/C=C/[C@H](O)C/C=C\C/C=C\CCCC(=O)OC. The second-order valence-electron chi connectivity index (χ2n) is 7.13. The molecule has 0 aromatic carbocycles. The van der Waals surface area contributed by atoms with Gasteiger partial charge in [0.1, 0.15) is 6.10 Å². The molecular weight excluding hydrogens is 372 g/mol. The van der Waals surface area contributed by atoms with Gasteiger partial charge in [-0.05, 0) is 32.1 Å². The van der Waals surface area contributed by atoms with Crippen LogP contribution in [0, 0.1) is 0 Å². The lowest BCUT2D eigenvalue weighted by atomic mass is 10.0. The average molecular weight is 411 g/mol. The van der Waals surface area contributed by atoms with Crippen LogP contribution in [-0.2, 0) is 23.7 Å². The molecule has 1 heterocycles. The van der Waals surface area contributed by atoms with Gasteiger partial charge < -0.3 is 24.1 Å². The molecule has 4 atom stereocenters. The first-order valence-electron chi connectivity index (χ1n) is 10.7. The molecule has 1 aliphatic heterocycles. The predicted octanol–water partition coefficient (Wildman–Crippen LogP) is 4.43. The number of rotatable bonds is 15. The summed E-state index contributed by atoms with van der Waals surface area (Å²) in [5, 5.41) is 10.2. The lowest BCUT2D eigenvalue weighted by molar-refractivity contribution is -0.226. The summed E-state index contributed by atoms with van der Waals surface area (Å²) >= 11 is 0. The summed E-state index contributed by atoms with van der Waals surface area (Å²) in [7, 11) is 2.97. The van der Waals surface area contributed by atoms with Gasteiger partial charge in [-0.2, -0.15) is 0 Å². The highest BCUT2D eigenvalue weighted by atomic mass is 16.9. The standard InChI is InChI=1S/C23H38O6/c1-4-5-11-15-20-21(29-23(27-3)28-20)18-17-19(24)14-12-9-7-6-8-10-13-16-22(25)26-2/h6,8-9,12,17-21,23-24H,4-5,7,10-11,13-16H2,1-3H3/b8-6-,12-9-,18-17+/t19-,20+,21-,23-/m1/s1. The molecule has 0 aromatic heterocycles. The summed E-state index contributed by atoms with van der Waals surface area (Å²) in [6.07, 6.45) is 18.8. The van der Waals surface area contributed by atoms with E-state index in [9.17, 15) is 9.90 Å². The van der Waals surface area contributed by atoms with E-state index >= 15 is 0 Å². The summed E-state index contributed by atoms with van der Waals surface area (Å²) in [6.45, 7) is 1.54. The van der Waals surface area contributed by atoms with Gasteiger partial charge in [0.25, 0.3) is 6.48 Å². The minimum Gasteiger partial charge on any atom is -0.469 e. The Kier molecular flexibility index (Phi) is 14.4. The van der Waals surface area contributed by atoms with Crippen molar-refractivity contribution in [3.8, 4) is 0 Å². The molecule has 0 aliphatic carbocycles. The first kappa shape index (κ1) is 25.6. The third-order valence-electron chi connectivity index (χ3n) is 4.69. The van der Waals surface area contributed by atoms with Crippen LogP contribution in [0.5, 0.6) is 0 Å². The van der Waals surface area contributed by atoms with Crippen LogP contribution in [0.1, 0.15) is 64.7 Å². The number of aliphatic hydroxyl groups is 1. The lowest BCUT2D eigenvalue weighted by Gasteiger charge is -2.13. The van der Waals surface area contributed by atoms with E-state index in [-0.39, 0.29) is 18.2 Å². The molecule has 0 saturated carbocycles. The monoisotopic (exact) mass is 410 g/mol. The Morgan fingerprint density at radius 1 is 1.10 bits per heavy atom. The van der Waals surface area contributed by atoms with E-state index in [0.29, 0.717) is 12.8 Å². The Bertz CT molecular complexity index is 513. The minimum absolute atomic E-state index is 0.0326. The van der Waals surface area contributed by atoms with E-state index in [1.165, 1.54) is 13.5 Å². The number of carbonyl (C=O) groups is 1. The summed E-state index contributed by atoms with van der Waals surface area (Å²) < 4.78 is 21.2. The molecule has 6 nitrogen and oxygen atoms in total. The van der Waals surface area contributed by atoms with Crippen molar-refractivity contribution in [3.05, 3.63) is 36.5 Å². The number of esters is 1. The van der Waals surface area contributed by atoms with Crippen molar-refractivity contribution in [1.82, 2.24) is 0 Å². The number of unbranched alkanes of at least 4 members (excludes halogenated alkanes) is 3. The van der Waals surface area contributed by atoms with E-state index in [0.717, 1.165) is 38.5 Å². The Labute approximate surface area is 175 Å². The molecule has 1 fully saturated rings. The van der Waals surface area contributed by atoms with Crippen LogP contribution < -0.4 is 0 Å². The first-order chi connectivity index (χ1) is 14.1. The number of aliphatic hydroxyl groups excluding tert-OH is 1. The molecule has 166 valence electrons. The highest BCUT2D eigenvalue weighted by Gasteiger charge is 2.34. The van der Waals surface area contributed by atoms with Crippen molar-refractivity contribution in [2.75, 3.05) is 14.2 Å². The zero-order chi connectivity index (χ0) is 21.3. The molecule has 0 radical (unpaired) electrons. The van der Waals surface area contributed by atoms with Gasteiger partial charge in [0.15, 0.2) is 0 Å². The van der Waals surface area contributed by atoms with Gasteiger partial charge in [0.05, 0.1) is 19.3 Å². The van der Waals surface area contributed by atoms with E-state index < -0.39 is 12.6 Å². The number of hydrogen-bond acceptors (Lipinski definition) is 6. The first-order valence-corrected chi connectivity index (χ1v) is 10.7. The second-order valence-corrected chi connectivity index (χ2v) is 7.13. The summed E-state index contributed by atoms with van der Waals surface area (Å²) in [5.74, 6) is -0.167. The van der Waals surface area contributed by atoms with Crippen molar-refractivity contribution in [2.45, 2.75) is 89.5 Å². The van der Waals surface area contributed by atoms with Gasteiger partial charge in [-0.15, -0.1) is 0 Å². The lowest BCUT2D eigenvalue weighted by Crippen LogP contribution is -2.20. The maximum absolute atomic E-state index is 11.0. The molecule has 6 heteroatoms. The molecule has 1 N–H and O–H groups in total. The van der Waals surface area contributed by atoms with Gasteiger partial charge in [-0.3, -0.25) is 4.79 Å². The van der Waals surface area contributed by atoms with Crippen molar-refractivity contribution in [3.63, 3.8) is 0 Å². The highest BCUT2D eigenvalue weighted by Crippen LogP contribution is 2.25. The molecule has 0 aromatic rings. The third kappa shape index (κ3) is 12.0. The average Bonchev–Trinajstić information content (AvgIpc) is 3.13. The van der Waals surface area contributed by atoms with Crippen LogP contribution in [0.4, 0.5) is 0 Å². The van der Waals surface area contributed by atoms with E-state index in [1.807, 2.05) is 18.2 Å². The van der Waals surface area contributed by atoms with Crippen molar-refractivity contribution >= 4 is 5.97 Å². The summed E-state index contributed by atoms with van der Waals surface area (Å²) in [5.41, 5.74) is 0. The maximum atomic E-state index is 11.0. The van der Waals surface area contributed by atoms with E-state index in [4.69, 9.17) is 14.2 Å². The zero-order valence-corrected chi connectivity index (χ0v) is 18.1. The minimum atomic E-state index is -0.632. The van der Waals surface area contributed by atoms with Crippen LogP contribution in [-0.4, -0.2) is 50.1 Å². The molecule has 0 amide bonds. The maximum Gasteiger partial charge on any atom is 0.305 e. The number of ether oxygens (including phenoxy) is 4. The largest absolute Gasteiger partial charge is 0.469 e. The van der Waals surface area contributed by atoms with Crippen LogP contribution >= 0.6 is 0 Å². The molecule has 0 unspecified atom stereocenters. The summed E-state index contributed by atoms with van der Waals surface area (Å²) in [6, 6.07) is 0. The Hall–Kier alpha value is -1.47. The van der Waals surface area contributed by atoms with Gasteiger partial charge in [0.2, 0.25) is 0 Å².